The summed E-state index contributed by atoms with van der Waals surface area (Å²) in [7, 11) is 1.57. The molecule has 0 bridgehead atoms. The molecular weight excluding hydrogens is 228 g/mol. The van der Waals surface area contributed by atoms with Gasteiger partial charge in [0.25, 0.3) is 0 Å². The molecule has 1 aromatic carbocycles. The van der Waals surface area contributed by atoms with Crippen LogP contribution in [0.4, 0.5) is 0 Å². The van der Waals surface area contributed by atoms with Gasteiger partial charge in [-0.25, -0.2) is 4.79 Å². The molecule has 0 aliphatic carbocycles. The van der Waals surface area contributed by atoms with Gasteiger partial charge >= 0.3 is 5.97 Å². The van der Waals surface area contributed by atoms with Gasteiger partial charge in [0.2, 0.25) is 0 Å². The van der Waals surface area contributed by atoms with Crippen LogP contribution < -0.4 is 4.74 Å². The lowest BCUT2D eigenvalue weighted by molar-refractivity contribution is 0.00692. The first kappa shape index (κ1) is 14.3. The van der Waals surface area contributed by atoms with E-state index in [-0.39, 0.29) is 5.97 Å². The number of ether oxygens (including phenoxy) is 2. The smallest absolute Gasteiger partial charge is 0.338 e. The molecule has 18 heavy (non-hydrogen) atoms. The zero-order chi connectivity index (χ0) is 13.9. The van der Waals surface area contributed by atoms with Crippen LogP contribution in [0, 0.1) is 0 Å². The molecule has 0 aromatic heterocycles. The zero-order valence-corrected chi connectivity index (χ0v) is 11.7. The zero-order valence-electron chi connectivity index (χ0n) is 11.7. The van der Waals surface area contributed by atoms with Gasteiger partial charge in [0, 0.05) is 5.56 Å². The average Bonchev–Trinajstić information content (AvgIpc) is 2.25. The first-order valence-electron chi connectivity index (χ1n) is 5.82. The van der Waals surface area contributed by atoms with Crippen molar-refractivity contribution in [1.29, 1.82) is 0 Å². The van der Waals surface area contributed by atoms with E-state index in [1.807, 2.05) is 33.8 Å². The maximum absolute atomic E-state index is 11.9. The quantitative estimate of drug-likeness (QED) is 0.765. The molecule has 0 amide bonds. The summed E-state index contributed by atoms with van der Waals surface area (Å²) in [5.74, 6) is 0.278. The Bertz CT molecular complexity index is 467. The highest BCUT2D eigenvalue weighted by atomic mass is 16.6. The molecule has 3 nitrogen and oxygen atoms in total. The summed E-state index contributed by atoms with van der Waals surface area (Å²) in [5.41, 5.74) is 1.76. The van der Waals surface area contributed by atoms with E-state index in [1.54, 1.807) is 19.2 Å². The Kier molecular flexibility index (Phi) is 4.17. The van der Waals surface area contributed by atoms with Crippen molar-refractivity contribution in [3.8, 4) is 5.75 Å². The molecule has 1 aromatic rings. The Morgan fingerprint density at radius 1 is 1.28 bits per heavy atom. The lowest BCUT2D eigenvalue weighted by atomic mass is 10.0. The van der Waals surface area contributed by atoms with E-state index in [1.165, 1.54) is 0 Å². The summed E-state index contributed by atoms with van der Waals surface area (Å²) in [4.78, 5) is 11.9. The lowest BCUT2D eigenvalue weighted by Gasteiger charge is -2.20. The van der Waals surface area contributed by atoms with Gasteiger partial charge in [0.15, 0.2) is 0 Å². The van der Waals surface area contributed by atoms with Gasteiger partial charge in [-0.3, -0.25) is 0 Å². The van der Waals surface area contributed by atoms with Crippen LogP contribution >= 0.6 is 0 Å². The van der Waals surface area contributed by atoms with Crippen LogP contribution in [0.3, 0.4) is 0 Å². The Hall–Kier alpha value is -1.77. The van der Waals surface area contributed by atoms with E-state index in [2.05, 4.69) is 6.58 Å². The second kappa shape index (κ2) is 5.25. The number of rotatable bonds is 3. The number of benzene rings is 1. The molecule has 0 fully saturated rings. The van der Waals surface area contributed by atoms with Crippen LogP contribution in [0.15, 0.2) is 24.8 Å². The maximum Gasteiger partial charge on any atom is 0.338 e. The third-order valence-electron chi connectivity index (χ3n) is 2.30. The van der Waals surface area contributed by atoms with Crippen LogP contribution in [-0.2, 0) is 4.74 Å². The Balaban J connectivity index is 3.06. The number of hydrogen-bond acceptors (Lipinski definition) is 3. The van der Waals surface area contributed by atoms with Gasteiger partial charge in [-0.05, 0) is 45.4 Å². The lowest BCUT2D eigenvalue weighted by Crippen LogP contribution is -2.23. The predicted octanol–water partition coefficient (Wildman–Crippen LogP) is 3.68. The van der Waals surface area contributed by atoms with Crippen molar-refractivity contribution in [1.82, 2.24) is 0 Å². The molecule has 0 spiro atoms. The number of allylic oxidation sites excluding steroid dienone is 1. The Morgan fingerprint density at radius 3 is 2.33 bits per heavy atom. The molecule has 0 radical (unpaired) electrons. The van der Waals surface area contributed by atoms with Crippen molar-refractivity contribution in [2.45, 2.75) is 33.3 Å². The molecule has 0 aliphatic heterocycles. The second-order valence-corrected chi connectivity index (χ2v) is 5.20. The van der Waals surface area contributed by atoms with Crippen LogP contribution in [0.2, 0.25) is 0 Å². The summed E-state index contributed by atoms with van der Waals surface area (Å²) in [5, 5.41) is 0. The van der Waals surface area contributed by atoms with Crippen molar-refractivity contribution in [3.63, 3.8) is 0 Å². The molecular formula is C15H20O3. The van der Waals surface area contributed by atoms with E-state index >= 15 is 0 Å². The molecule has 3 heteroatoms. The molecule has 0 N–H and O–H groups in total. The molecule has 0 aliphatic rings. The summed E-state index contributed by atoms with van der Waals surface area (Å²) in [6, 6.07) is 5.22. The minimum Gasteiger partial charge on any atom is -0.496 e. The fourth-order valence-electron chi connectivity index (χ4n) is 1.51. The summed E-state index contributed by atoms with van der Waals surface area (Å²) in [6.45, 7) is 11.3. The monoisotopic (exact) mass is 248 g/mol. The van der Waals surface area contributed by atoms with Crippen molar-refractivity contribution in [2.24, 2.45) is 0 Å². The predicted molar refractivity (Wildman–Crippen MR) is 72.9 cm³/mol. The standard InChI is InChI=1S/C15H20O3/c1-10(2)12-8-7-11(9-13(12)17-6)14(16)18-15(3,4)5/h7-9H,1H2,2-6H3. The topological polar surface area (TPSA) is 35.5 Å². The summed E-state index contributed by atoms with van der Waals surface area (Å²) < 4.78 is 10.6. The maximum atomic E-state index is 11.9. The first-order chi connectivity index (χ1) is 8.24. The molecule has 1 rings (SSSR count). The number of methoxy groups -OCH3 is 1. The first-order valence-corrected chi connectivity index (χ1v) is 5.82. The number of carbonyl (C=O) groups excluding carboxylic acids is 1. The van der Waals surface area contributed by atoms with Crippen molar-refractivity contribution in [2.75, 3.05) is 7.11 Å². The van der Waals surface area contributed by atoms with Crippen molar-refractivity contribution in [3.05, 3.63) is 35.9 Å². The molecule has 0 saturated heterocycles. The fourth-order valence-corrected chi connectivity index (χ4v) is 1.51. The normalized spacial score (nSPS) is 10.9. The van der Waals surface area contributed by atoms with E-state index in [0.717, 1.165) is 11.1 Å². The van der Waals surface area contributed by atoms with Gasteiger partial charge < -0.3 is 9.47 Å². The summed E-state index contributed by atoms with van der Waals surface area (Å²) >= 11 is 0. The molecule has 98 valence electrons. The Morgan fingerprint density at radius 2 is 1.89 bits per heavy atom. The van der Waals surface area contributed by atoms with Crippen LogP contribution in [0.1, 0.15) is 43.6 Å². The van der Waals surface area contributed by atoms with Crippen LogP contribution in [-0.4, -0.2) is 18.7 Å². The molecule has 0 heterocycles. The van der Waals surface area contributed by atoms with Gasteiger partial charge in [0.05, 0.1) is 12.7 Å². The van der Waals surface area contributed by atoms with Crippen molar-refractivity contribution >= 4 is 11.5 Å². The highest BCUT2D eigenvalue weighted by molar-refractivity contribution is 5.91. The van der Waals surface area contributed by atoms with Gasteiger partial charge in [-0.15, -0.1) is 0 Å². The SMILES string of the molecule is C=C(C)c1ccc(C(=O)OC(C)(C)C)cc1OC. The van der Waals surface area contributed by atoms with Crippen LogP contribution in [0.5, 0.6) is 5.75 Å². The van der Waals surface area contributed by atoms with Crippen LogP contribution in [0.25, 0.3) is 5.57 Å². The number of esters is 1. The molecule has 0 atom stereocenters. The largest absolute Gasteiger partial charge is 0.496 e. The minimum atomic E-state index is -0.503. The number of hydrogen-bond donors (Lipinski definition) is 0. The number of carbonyl (C=O) groups is 1. The van der Waals surface area contributed by atoms with Crippen molar-refractivity contribution < 1.29 is 14.3 Å². The van der Waals surface area contributed by atoms with Gasteiger partial charge in [0.1, 0.15) is 11.4 Å². The highest BCUT2D eigenvalue weighted by Gasteiger charge is 2.19. The van der Waals surface area contributed by atoms with Gasteiger partial charge in [-0.1, -0.05) is 12.6 Å². The highest BCUT2D eigenvalue weighted by Crippen LogP contribution is 2.26. The summed E-state index contributed by atoms with van der Waals surface area (Å²) in [6.07, 6.45) is 0. The third kappa shape index (κ3) is 3.62. The van der Waals surface area contributed by atoms with Gasteiger partial charge in [-0.2, -0.15) is 0 Å². The van der Waals surface area contributed by atoms with E-state index in [0.29, 0.717) is 11.3 Å². The second-order valence-electron chi connectivity index (χ2n) is 5.20. The van der Waals surface area contributed by atoms with E-state index in [9.17, 15) is 4.79 Å². The van der Waals surface area contributed by atoms with E-state index < -0.39 is 5.60 Å². The van der Waals surface area contributed by atoms with E-state index in [4.69, 9.17) is 9.47 Å². The average molecular weight is 248 g/mol. The molecule has 0 unspecified atom stereocenters. The molecule has 0 saturated carbocycles. The Labute approximate surface area is 108 Å². The fraction of sp³-hybridized carbons (Fsp3) is 0.400. The third-order valence-corrected chi connectivity index (χ3v) is 2.30. The minimum absolute atomic E-state index is 0.353.